The monoisotopic (exact) mass is 847 g/mol. The van der Waals surface area contributed by atoms with Gasteiger partial charge in [0.1, 0.15) is 0 Å². The Hall–Kier alpha value is -7.66. The summed E-state index contributed by atoms with van der Waals surface area (Å²) in [5, 5.41) is 7.35. The summed E-state index contributed by atoms with van der Waals surface area (Å²) in [4.78, 5) is 18.0. The van der Waals surface area contributed by atoms with Crippen LogP contribution < -0.4 is 0 Å². The smallest absolute Gasteiger partial charge is 0.164 e. The van der Waals surface area contributed by atoms with Crippen LogP contribution in [0.3, 0.4) is 0 Å². The zero-order valence-corrected chi connectivity index (χ0v) is 36.8. The number of nitrogens with zero attached hydrogens (tertiary/aromatic N) is 3. The van der Waals surface area contributed by atoms with Crippen LogP contribution in [0.5, 0.6) is 0 Å². The van der Waals surface area contributed by atoms with Gasteiger partial charge in [0.2, 0.25) is 0 Å². The van der Waals surface area contributed by atoms with Gasteiger partial charge < -0.3 is 0 Å². The molecule has 0 unspecified atom stereocenters. The highest BCUT2D eigenvalue weighted by atomic mass is 32.2. The Balaban J connectivity index is 0.927. The lowest BCUT2D eigenvalue weighted by Crippen LogP contribution is -2.43. The highest BCUT2D eigenvalue weighted by Crippen LogP contribution is 2.61. The van der Waals surface area contributed by atoms with Gasteiger partial charge in [0.05, 0.1) is 5.41 Å². The van der Waals surface area contributed by atoms with Gasteiger partial charge >= 0.3 is 0 Å². The van der Waals surface area contributed by atoms with Crippen molar-refractivity contribution in [2.45, 2.75) is 34.5 Å². The van der Waals surface area contributed by atoms with Crippen molar-refractivity contribution in [3.05, 3.63) is 246 Å². The second kappa shape index (κ2) is 14.4. The average Bonchev–Trinajstić information content (AvgIpc) is 3.37. The molecule has 4 heteroatoms. The summed E-state index contributed by atoms with van der Waals surface area (Å²) in [7, 11) is 0. The number of rotatable bonds is 4. The van der Waals surface area contributed by atoms with E-state index in [2.05, 4.69) is 208 Å². The van der Waals surface area contributed by atoms with Gasteiger partial charge in [-0.2, -0.15) is 0 Å². The molecule has 0 N–H and O–H groups in total. The molecule has 2 aliphatic rings. The van der Waals surface area contributed by atoms with Gasteiger partial charge in [-0.15, -0.1) is 0 Å². The van der Waals surface area contributed by atoms with E-state index in [1.807, 2.05) is 30.0 Å². The van der Waals surface area contributed by atoms with E-state index in [0.29, 0.717) is 17.5 Å². The van der Waals surface area contributed by atoms with E-state index >= 15 is 0 Å². The SMILES string of the molecule is CC1(C)c2ccccc2C2(c3ccccc3Sc3cc(-c4ccc(-c5nc(-c6ccccc6)nc(-c6ccc7c8ccccc8c8ccccc8c7c6)n5)cc4)ccc32)c2ccccc21. The van der Waals surface area contributed by atoms with Gasteiger partial charge in [-0.3, -0.25) is 0 Å². The van der Waals surface area contributed by atoms with Crippen LogP contribution in [0.1, 0.15) is 47.2 Å². The minimum atomic E-state index is -0.443. The first-order valence-corrected chi connectivity index (χ1v) is 23.2. The van der Waals surface area contributed by atoms with E-state index < -0.39 is 5.41 Å². The predicted octanol–water partition coefficient (Wildman–Crippen LogP) is 15.5. The standard InChI is InChI=1S/C61H41N3S/c1-60(2)49-22-10-12-24-51(49)61(52-25-13-11-23-50(52)60)53-26-14-15-27-55(53)65-56-37-41(33-35-54(56)61)38-28-30-40(31-29-38)58-62-57(39-16-4-3-5-17-39)63-59(64-58)42-32-34-47-45-20-7-6-18-43(45)44-19-8-9-21-46(44)48(47)36-42/h3-37H,1-2H3. The number of hydrogen-bond donors (Lipinski definition) is 0. The molecule has 2 heterocycles. The highest BCUT2D eigenvalue weighted by Gasteiger charge is 2.52. The molecular formula is C61H41N3S. The van der Waals surface area contributed by atoms with E-state index in [9.17, 15) is 0 Å². The van der Waals surface area contributed by atoms with Crippen molar-refractivity contribution in [1.82, 2.24) is 15.0 Å². The van der Waals surface area contributed by atoms with E-state index in [0.717, 1.165) is 22.3 Å². The van der Waals surface area contributed by atoms with E-state index in [1.165, 1.54) is 81.1 Å². The fourth-order valence-electron chi connectivity index (χ4n) is 11.0. The maximum absolute atomic E-state index is 5.20. The van der Waals surface area contributed by atoms with Gasteiger partial charge in [0.15, 0.2) is 17.5 Å². The van der Waals surface area contributed by atoms with Crippen LogP contribution in [0.4, 0.5) is 0 Å². The van der Waals surface area contributed by atoms with Crippen LogP contribution in [0.15, 0.2) is 222 Å². The summed E-state index contributed by atoms with van der Waals surface area (Å²) in [6.07, 6.45) is 0. The molecule has 0 fully saturated rings. The summed E-state index contributed by atoms with van der Waals surface area (Å²) in [5.41, 5.74) is 12.7. The van der Waals surface area contributed by atoms with E-state index in [-0.39, 0.29) is 5.41 Å². The van der Waals surface area contributed by atoms with Gasteiger partial charge in [-0.05, 0) is 95.0 Å². The van der Waals surface area contributed by atoms with E-state index in [1.54, 1.807) is 0 Å². The second-order valence-electron chi connectivity index (χ2n) is 17.9. The Morgan fingerprint density at radius 3 is 1.32 bits per heavy atom. The highest BCUT2D eigenvalue weighted by molar-refractivity contribution is 7.99. The molecule has 1 aliphatic carbocycles. The van der Waals surface area contributed by atoms with Crippen LogP contribution >= 0.6 is 11.8 Å². The quantitative estimate of drug-likeness (QED) is 0.165. The Morgan fingerprint density at radius 2 is 0.708 bits per heavy atom. The third-order valence-corrected chi connectivity index (χ3v) is 15.2. The fourth-order valence-corrected chi connectivity index (χ4v) is 12.2. The molecule has 65 heavy (non-hydrogen) atoms. The number of hydrogen-bond acceptors (Lipinski definition) is 4. The Labute approximate surface area is 382 Å². The summed E-state index contributed by atoms with van der Waals surface area (Å²) in [6, 6.07) is 77.3. The van der Waals surface area contributed by atoms with Crippen molar-refractivity contribution in [2.24, 2.45) is 0 Å². The normalized spacial score (nSPS) is 14.2. The molecule has 0 radical (unpaired) electrons. The number of fused-ring (bicyclic) bond motifs is 14. The molecule has 1 aliphatic heterocycles. The molecule has 0 amide bonds. The summed E-state index contributed by atoms with van der Waals surface area (Å²) < 4.78 is 0. The van der Waals surface area contributed by atoms with Crippen molar-refractivity contribution in [3.63, 3.8) is 0 Å². The molecule has 0 saturated carbocycles. The Bertz CT molecular complexity index is 3640. The lowest BCUT2D eigenvalue weighted by atomic mass is 9.54. The van der Waals surface area contributed by atoms with Crippen LogP contribution in [-0.2, 0) is 10.8 Å². The zero-order valence-electron chi connectivity index (χ0n) is 36.0. The van der Waals surface area contributed by atoms with Crippen molar-refractivity contribution in [3.8, 4) is 45.3 Å². The molecule has 0 saturated heterocycles. The lowest BCUT2D eigenvalue weighted by molar-refractivity contribution is 0.549. The first-order valence-electron chi connectivity index (χ1n) is 22.3. The zero-order chi connectivity index (χ0) is 43.3. The minimum Gasteiger partial charge on any atom is -0.208 e. The van der Waals surface area contributed by atoms with Gasteiger partial charge in [-0.25, -0.2) is 15.0 Å². The first kappa shape index (κ1) is 37.9. The Morgan fingerprint density at radius 1 is 0.292 bits per heavy atom. The largest absolute Gasteiger partial charge is 0.208 e. The maximum Gasteiger partial charge on any atom is 0.164 e. The van der Waals surface area contributed by atoms with Crippen LogP contribution in [-0.4, -0.2) is 15.0 Å². The average molecular weight is 848 g/mol. The van der Waals surface area contributed by atoms with Gasteiger partial charge in [0, 0.05) is 31.9 Å². The molecular weight excluding hydrogens is 807 g/mol. The van der Waals surface area contributed by atoms with Crippen molar-refractivity contribution >= 4 is 44.1 Å². The first-order chi connectivity index (χ1) is 32.0. The summed E-state index contributed by atoms with van der Waals surface area (Å²) >= 11 is 1.88. The minimum absolute atomic E-state index is 0.138. The van der Waals surface area contributed by atoms with Gasteiger partial charge in [0.25, 0.3) is 0 Å². The topological polar surface area (TPSA) is 38.7 Å². The molecule has 10 aromatic carbocycles. The van der Waals surface area contributed by atoms with Crippen molar-refractivity contribution in [1.29, 1.82) is 0 Å². The van der Waals surface area contributed by atoms with Crippen molar-refractivity contribution < 1.29 is 0 Å². The van der Waals surface area contributed by atoms with E-state index in [4.69, 9.17) is 15.0 Å². The molecule has 3 nitrogen and oxygen atoms in total. The number of aromatic nitrogens is 3. The van der Waals surface area contributed by atoms with Gasteiger partial charge in [-0.1, -0.05) is 220 Å². The molecule has 1 spiro atoms. The van der Waals surface area contributed by atoms with Crippen LogP contribution in [0.25, 0.3) is 77.6 Å². The molecule has 13 rings (SSSR count). The second-order valence-corrected chi connectivity index (χ2v) is 19.0. The lowest BCUT2D eigenvalue weighted by Gasteiger charge is -2.50. The maximum atomic E-state index is 5.20. The number of benzene rings is 10. The molecule has 1 aromatic heterocycles. The molecule has 0 atom stereocenters. The molecule has 306 valence electrons. The molecule has 11 aromatic rings. The summed E-state index contributed by atoms with van der Waals surface area (Å²) in [6.45, 7) is 4.75. The summed E-state index contributed by atoms with van der Waals surface area (Å²) in [5.74, 6) is 1.93. The Kier molecular flexibility index (Phi) is 8.41. The van der Waals surface area contributed by atoms with Crippen LogP contribution in [0, 0.1) is 0 Å². The van der Waals surface area contributed by atoms with Crippen LogP contribution in [0.2, 0.25) is 0 Å². The third kappa shape index (κ3) is 5.67. The molecule has 0 bridgehead atoms. The third-order valence-electron chi connectivity index (χ3n) is 14.1. The van der Waals surface area contributed by atoms with Crippen molar-refractivity contribution in [2.75, 3.05) is 0 Å². The fraction of sp³-hybridized carbons (Fsp3) is 0.0656. The predicted molar refractivity (Wildman–Crippen MR) is 269 cm³/mol.